The quantitative estimate of drug-likeness (QED) is 0.774. The lowest BCUT2D eigenvalue weighted by Gasteiger charge is -2.22. The van der Waals surface area contributed by atoms with E-state index >= 15 is 0 Å². The molecule has 0 radical (unpaired) electrons. The molecule has 6 heteroatoms. The number of nitrogens with one attached hydrogen (secondary N) is 2. The molecule has 0 saturated heterocycles. The van der Waals surface area contributed by atoms with Gasteiger partial charge < -0.3 is 15.4 Å². The molecule has 0 bridgehead atoms. The smallest absolute Gasteiger partial charge is 0.407 e. The second-order valence-electron chi connectivity index (χ2n) is 6.48. The highest BCUT2D eigenvalue weighted by Gasteiger charge is 2.16. The molecular weight excluding hydrogens is 280 g/mol. The Hall–Kier alpha value is -1.56. The van der Waals surface area contributed by atoms with Gasteiger partial charge in [-0.2, -0.15) is 5.10 Å². The maximum absolute atomic E-state index is 11.7. The van der Waals surface area contributed by atoms with Gasteiger partial charge in [0.25, 0.3) is 0 Å². The zero-order valence-electron chi connectivity index (χ0n) is 14.5. The summed E-state index contributed by atoms with van der Waals surface area (Å²) < 4.78 is 7.19. The zero-order valence-corrected chi connectivity index (χ0v) is 14.5. The Labute approximate surface area is 133 Å². The third kappa shape index (κ3) is 7.45. The highest BCUT2D eigenvalue weighted by Crippen LogP contribution is 2.06. The topological polar surface area (TPSA) is 68.2 Å². The molecular formula is C16H30N4O2. The van der Waals surface area contributed by atoms with E-state index in [1.54, 1.807) is 0 Å². The van der Waals surface area contributed by atoms with Crippen LogP contribution in [0, 0.1) is 0 Å². The lowest BCUT2D eigenvalue weighted by Crippen LogP contribution is -2.42. The van der Waals surface area contributed by atoms with Crippen LogP contribution in [0.5, 0.6) is 0 Å². The predicted molar refractivity (Wildman–Crippen MR) is 87.7 cm³/mol. The van der Waals surface area contributed by atoms with Gasteiger partial charge in [0.2, 0.25) is 0 Å². The second kappa shape index (κ2) is 8.78. The minimum Gasteiger partial charge on any atom is -0.444 e. The molecule has 1 unspecified atom stereocenters. The highest BCUT2D eigenvalue weighted by atomic mass is 16.6. The first-order chi connectivity index (χ1) is 10.3. The number of carbonyl (C=O) groups is 1. The van der Waals surface area contributed by atoms with E-state index in [9.17, 15) is 4.79 Å². The fourth-order valence-electron chi connectivity index (χ4n) is 1.99. The van der Waals surface area contributed by atoms with Gasteiger partial charge in [0, 0.05) is 37.4 Å². The van der Waals surface area contributed by atoms with Crippen LogP contribution >= 0.6 is 0 Å². The normalized spacial score (nSPS) is 13.0. The van der Waals surface area contributed by atoms with E-state index in [4.69, 9.17) is 4.74 Å². The fraction of sp³-hybridized carbons (Fsp3) is 0.750. The molecule has 2 N–H and O–H groups in total. The van der Waals surface area contributed by atoms with Crippen molar-refractivity contribution in [2.45, 2.75) is 72.2 Å². The Kier molecular flexibility index (Phi) is 7.38. The van der Waals surface area contributed by atoms with Crippen LogP contribution in [0.1, 0.15) is 53.0 Å². The van der Waals surface area contributed by atoms with Crippen molar-refractivity contribution in [2.75, 3.05) is 6.54 Å². The zero-order chi connectivity index (χ0) is 16.6. The van der Waals surface area contributed by atoms with Crippen molar-refractivity contribution in [1.29, 1.82) is 0 Å². The fourth-order valence-corrected chi connectivity index (χ4v) is 1.99. The van der Waals surface area contributed by atoms with Crippen LogP contribution in [0.4, 0.5) is 4.79 Å². The Morgan fingerprint density at radius 2 is 2.14 bits per heavy atom. The molecule has 1 heterocycles. The van der Waals surface area contributed by atoms with Gasteiger partial charge in [-0.3, -0.25) is 4.68 Å². The first kappa shape index (κ1) is 18.5. The van der Waals surface area contributed by atoms with Gasteiger partial charge in [-0.25, -0.2) is 4.79 Å². The number of amides is 1. The summed E-state index contributed by atoms with van der Waals surface area (Å²) in [5.74, 6) is 0. The van der Waals surface area contributed by atoms with E-state index < -0.39 is 5.60 Å². The maximum atomic E-state index is 11.7. The number of hydrogen-bond donors (Lipinski definition) is 2. The molecule has 6 nitrogen and oxygen atoms in total. The van der Waals surface area contributed by atoms with E-state index in [-0.39, 0.29) is 12.1 Å². The molecule has 1 atom stereocenters. The standard InChI is InChI=1S/C16H30N4O2/c1-6-8-20-12-13(10-19-20)9-17-14(7-2)11-18-15(21)22-16(3,4)5/h10,12,14,17H,6-9,11H2,1-5H3,(H,18,21). The summed E-state index contributed by atoms with van der Waals surface area (Å²) in [6.45, 7) is 12.0. The van der Waals surface area contributed by atoms with Crippen molar-refractivity contribution in [3.05, 3.63) is 18.0 Å². The Morgan fingerprint density at radius 1 is 1.41 bits per heavy atom. The summed E-state index contributed by atoms with van der Waals surface area (Å²) in [6, 6.07) is 0.210. The summed E-state index contributed by atoms with van der Waals surface area (Å²) >= 11 is 0. The molecule has 1 aromatic heterocycles. The van der Waals surface area contributed by atoms with Crippen LogP contribution in [0.25, 0.3) is 0 Å². The van der Waals surface area contributed by atoms with Crippen molar-refractivity contribution in [3.8, 4) is 0 Å². The van der Waals surface area contributed by atoms with Crippen LogP contribution in [-0.2, 0) is 17.8 Å². The van der Waals surface area contributed by atoms with E-state index in [1.165, 1.54) is 0 Å². The van der Waals surface area contributed by atoms with E-state index in [1.807, 2.05) is 31.6 Å². The average Bonchev–Trinajstić information content (AvgIpc) is 2.85. The molecule has 0 aliphatic rings. The molecule has 0 aliphatic carbocycles. The molecule has 1 amide bonds. The highest BCUT2D eigenvalue weighted by molar-refractivity contribution is 5.67. The van der Waals surface area contributed by atoms with Gasteiger partial charge in [0.1, 0.15) is 5.60 Å². The van der Waals surface area contributed by atoms with Crippen molar-refractivity contribution in [2.24, 2.45) is 0 Å². The summed E-state index contributed by atoms with van der Waals surface area (Å²) in [6.07, 6.45) is 5.58. The first-order valence-corrected chi connectivity index (χ1v) is 8.05. The van der Waals surface area contributed by atoms with Crippen molar-refractivity contribution >= 4 is 6.09 Å². The SMILES string of the molecule is CCCn1cc(CNC(CC)CNC(=O)OC(C)(C)C)cn1. The third-order valence-electron chi connectivity index (χ3n) is 3.12. The minimum atomic E-state index is -0.465. The van der Waals surface area contributed by atoms with E-state index in [0.717, 1.165) is 31.5 Å². The van der Waals surface area contributed by atoms with Gasteiger partial charge in [0.05, 0.1) is 6.20 Å². The monoisotopic (exact) mass is 310 g/mol. The first-order valence-electron chi connectivity index (χ1n) is 8.05. The Bertz CT molecular complexity index is 451. The molecule has 0 aliphatic heterocycles. The van der Waals surface area contributed by atoms with Crippen LogP contribution in [-0.4, -0.2) is 34.1 Å². The van der Waals surface area contributed by atoms with Crippen LogP contribution < -0.4 is 10.6 Å². The predicted octanol–water partition coefficient (Wildman–Crippen LogP) is 2.69. The maximum Gasteiger partial charge on any atom is 0.407 e. The number of carbonyl (C=O) groups excluding carboxylic acids is 1. The minimum absolute atomic E-state index is 0.210. The molecule has 0 saturated carbocycles. The van der Waals surface area contributed by atoms with Gasteiger partial charge in [-0.1, -0.05) is 13.8 Å². The molecule has 22 heavy (non-hydrogen) atoms. The van der Waals surface area contributed by atoms with Crippen LogP contribution in [0.2, 0.25) is 0 Å². The van der Waals surface area contributed by atoms with Crippen LogP contribution in [0.3, 0.4) is 0 Å². The summed E-state index contributed by atoms with van der Waals surface area (Å²) in [7, 11) is 0. The van der Waals surface area contributed by atoms with Gasteiger partial charge in [0.15, 0.2) is 0 Å². The van der Waals surface area contributed by atoms with Gasteiger partial charge >= 0.3 is 6.09 Å². The van der Waals surface area contributed by atoms with E-state index in [0.29, 0.717) is 6.54 Å². The summed E-state index contributed by atoms with van der Waals surface area (Å²) in [5, 5.41) is 10.6. The van der Waals surface area contributed by atoms with Gasteiger partial charge in [-0.15, -0.1) is 0 Å². The summed E-state index contributed by atoms with van der Waals surface area (Å²) in [5.41, 5.74) is 0.691. The van der Waals surface area contributed by atoms with Crippen LogP contribution in [0.15, 0.2) is 12.4 Å². The number of alkyl carbamates (subject to hydrolysis) is 1. The molecule has 0 spiro atoms. The molecule has 0 aromatic carbocycles. The largest absolute Gasteiger partial charge is 0.444 e. The number of ether oxygens (including phenoxy) is 1. The molecule has 126 valence electrons. The van der Waals surface area contributed by atoms with E-state index in [2.05, 4.69) is 35.8 Å². The van der Waals surface area contributed by atoms with Crippen molar-refractivity contribution in [1.82, 2.24) is 20.4 Å². The Balaban J connectivity index is 2.33. The number of hydrogen-bond acceptors (Lipinski definition) is 4. The lowest BCUT2D eigenvalue weighted by molar-refractivity contribution is 0.0522. The molecule has 0 fully saturated rings. The number of nitrogens with zero attached hydrogens (tertiary/aromatic N) is 2. The molecule has 1 rings (SSSR count). The summed E-state index contributed by atoms with van der Waals surface area (Å²) in [4.78, 5) is 11.7. The molecule has 1 aromatic rings. The lowest BCUT2D eigenvalue weighted by atomic mass is 10.2. The average molecular weight is 310 g/mol. The Morgan fingerprint density at radius 3 is 2.73 bits per heavy atom. The number of aromatic nitrogens is 2. The van der Waals surface area contributed by atoms with Crippen molar-refractivity contribution in [3.63, 3.8) is 0 Å². The number of aryl methyl sites for hydroxylation is 1. The van der Waals surface area contributed by atoms with Gasteiger partial charge in [-0.05, 0) is 33.6 Å². The second-order valence-corrected chi connectivity index (χ2v) is 6.48. The van der Waals surface area contributed by atoms with Crippen molar-refractivity contribution < 1.29 is 9.53 Å². The number of rotatable bonds is 8. The third-order valence-corrected chi connectivity index (χ3v) is 3.12.